The molecule has 1 saturated carbocycles. The van der Waals surface area contributed by atoms with E-state index in [-0.39, 0.29) is 17.7 Å². The van der Waals surface area contributed by atoms with Crippen LogP contribution in [0, 0.1) is 19.7 Å². The maximum absolute atomic E-state index is 14.2. The van der Waals surface area contributed by atoms with Crippen LogP contribution in [0.2, 0.25) is 0 Å². The molecule has 0 saturated heterocycles. The average molecular weight is 513 g/mol. The molecule has 0 bridgehead atoms. The van der Waals surface area contributed by atoms with E-state index in [4.69, 9.17) is 4.74 Å². The molecule has 1 aromatic heterocycles. The molecule has 5 rings (SSSR count). The number of aryl methyl sites for hydroxylation is 1. The van der Waals surface area contributed by atoms with Crippen molar-refractivity contribution in [3.05, 3.63) is 100.0 Å². The molecule has 1 aliphatic rings. The Labute approximate surface area is 222 Å². The van der Waals surface area contributed by atoms with Gasteiger partial charge in [0.05, 0.1) is 6.04 Å². The topological polar surface area (TPSA) is 60.3 Å². The lowest BCUT2D eigenvalue weighted by atomic mass is 10.0. The van der Waals surface area contributed by atoms with Crippen molar-refractivity contribution < 1.29 is 18.7 Å². The van der Waals surface area contributed by atoms with Gasteiger partial charge in [-0.3, -0.25) is 9.59 Å². The quantitative estimate of drug-likeness (QED) is 0.252. The van der Waals surface area contributed by atoms with E-state index in [9.17, 15) is 14.0 Å². The Morgan fingerprint density at radius 1 is 1.11 bits per heavy atom. The first-order valence-electron chi connectivity index (χ1n) is 13.2. The zero-order valence-corrected chi connectivity index (χ0v) is 22.3. The summed E-state index contributed by atoms with van der Waals surface area (Å²) in [7, 11) is 0. The first kappa shape index (κ1) is 25.7. The Kier molecular flexibility index (Phi) is 7.06. The predicted molar refractivity (Wildman–Crippen MR) is 147 cm³/mol. The van der Waals surface area contributed by atoms with Crippen molar-refractivity contribution in [1.82, 2.24) is 9.88 Å². The summed E-state index contributed by atoms with van der Waals surface area (Å²) >= 11 is 0. The van der Waals surface area contributed by atoms with Crippen molar-refractivity contribution >= 4 is 23.1 Å². The lowest BCUT2D eigenvalue weighted by Gasteiger charge is -2.16. The number of rotatable bonds is 9. The minimum atomic E-state index is -0.731. The van der Waals surface area contributed by atoms with Crippen LogP contribution in [0.15, 0.2) is 60.7 Å². The fourth-order valence-corrected chi connectivity index (χ4v) is 5.00. The van der Waals surface area contributed by atoms with E-state index >= 15 is 0 Å². The summed E-state index contributed by atoms with van der Waals surface area (Å²) in [5.41, 5.74) is 7.09. The molecule has 1 aliphatic carbocycles. The van der Waals surface area contributed by atoms with Crippen molar-refractivity contribution in [2.75, 3.05) is 0 Å². The molecule has 0 unspecified atom stereocenters. The van der Waals surface area contributed by atoms with E-state index < -0.39 is 11.9 Å². The largest absolute Gasteiger partial charge is 0.480 e. The molecule has 5 nitrogen and oxygen atoms in total. The standard InChI is InChI=1S/C32H33FN2O3/c1-19(18-36)38-31-14-23(8-12-29(31)33)17-35-22(4)20(2)28-16-27(11-13-30(28)35)32(37)34-21(3)25-6-5-7-26(15-25)24-9-10-24/h5-8,11-16,18-19,21,24H,9-10,17H2,1-4H3,(H,34,37)/t19-,21-/m0/s1. The van der Waals surface area contributed by atoms with Crippen LogP contribution < -0.4 is 10.1 Å². The number of aldehydes is 1. The summed E-state index contributed by atoms with van der Waals surface area (Å²) in [6.07, 6.45) is 2.40. The zero-order valence-electron chi connectivity index (χ0n) is 22.3. The van der Waals surface area contributed by atoms with Gasteiger partial charge in [-0.1, -0.05) is 30.3 Å². The summed E-state index contributed by atoms with van der Waals surface area (Å²) in [5, 5.41) is 4.16. The summed E-state index contributed by atoms with van der Waals surface area (Å²) < 4.78 is 21.8. The number of ether oxygens (including phenoxy) is 1. The smallest absolute Gasteiger partial charge is 0.251 e. The average Bonchev–Trinajstić information content (AvgIpc) is 3.75. The minimum absolute atomic E-state index is 0.0590. The number of aromatic nitrogens is 1. The predicted octanol–water partition coefficient (Wildman–Crippen LogP) is 6.78. The highest BCUT2D eigenvalue weighted by atomic mass is 19.1. The van der Waals surface area contributed by atoms with Crippen LogP contribution in [-0.4, -0.2) is 22.9 Å². The summed E-state index contributed by atoms with van der Waals surface area (Å²) in [6, 6.07) is 18.9. The highest BCUT2D eigenvalue weighted by Crippen LogP contribution is 2.40. The van der Waals surface area contributed by atoms with Gasteiger partial charge < -0.3 is 14.6 Å². The number of halogens is 1. The van der Waals surface area contributed by atoms with Crippen LogP contribution in [0.5, 0.6) is 5.75 Å². The molecule has 2 atom stereocenters. The summed E-state index contributed by atoms with van der Waals surface area (Å²) in [6.45, 7) is 8.19. The minimum Gasteiger partial charge on any atom is -0.480 e. The third-order valence-corrected chi connectivity index (χ3v) is 7.55. The van der Waals surface area contributed by atoms with Crippen LogP contribution in [0.1, 0.15) is 77.0 Å². The molecule has 3 aromatic carbocycles. The van der Waals surface area contributed by atoms with Gasteiger partial charge in [-0.2, -0.15) is 0 Å². The molecule has 0 spiro atoms. The fourth-order valence-electron chi connectivity index (χ4n) is 5.00. The Bertz CT molecular complexity index is 1520. The summed E-state index contributed by atoms with van der Waals surface area (Å²) in [5.74, 6) is 0.121. The zero-order chi connectivity index (χ0) is 27.0. The summed E-state index contributed by atoms with van der Waals surface area (Å²) in [4.78, 5) is 24.1. The molecule has 1 heterocycles. The number of amides is 1. The maximum Gasteiger partial charge on any atom is 0.251 e. The van der Waals surface area contributed by atoms with Crippen molar-refractivity contribution in [2.24, 2.45) is 0 Å². The van der Waals surface area contributed by atoms with Crippen molar-refractivity contribution in [1.29, 1.82) is 0 Å². The van der Waals surface area contributed by atoms with Gasteiger partial charge in [0.1, 0.15) is 0 Å². The van der Waals surface area contributed by atoms with Gasteiger partial charge in [0, 0.05) is 28.7 Å². The van der Waals surface area contributed by atoms with Gasteiger partial charge >= 0.3 is 0 Å². The van der Waals surface area contributed by atoms with Gasteiger partial charge in [-0.15, -0.1) is 0 Å². The maximum atomic E-state index is 14.2. The number of nitrogens with zero attached hydrogens (tertiary/aromatic N) is 1. The van der Waals surface area contributed by atoms with Crippen LogP contribution in [0.4, 0.5) is 4.39 Å². The van der Waals surface area contributed by atoms with Gasteiger partial charge in [0.15, 0.2) is 24.0 Å². The van der Waals surface area contributed by atoms with Crippen molar-refractivity contribution in [2.45, 2.75) is 65.1 Å². The van der Waals surface area contributed by atoms with Crippen molar-refractivity contribution in [3.8, 4) is 5.75 Å². The van der Waals surface area contributed by atoms with E-state index in [1.54, 1.807) is 19.1 Å². The van der Waals surface area contributed by atoms with Crippen LogP contribution in [0.25, 0.3) is 10.9 Å². The van der Waals surface area contributed by atoms with Gasteiger partial charge in [-0.05, 0) is 99.0 Å². The van der Waals surface area contributed by atoms with Gasteiger partial charge in [0.2, 0.25) is 0 Å². The molecule has 196 valence electrons. The van der Waals surface area contributed by atoms with E-state index in [2.05, 4.69) is 34.1 Å². The molecule has 38 heavy (non-hydrogen) atoms. The van der Waals surface area contributed by atoms with Gasteiger partial charge in [-0.25, -0.2) is 4.39 Å². The van der Waals surface area contributed by atoms with Gasteiger partial charge in [0.25, 0.3) is 5.91 Å². The molecular formula is C32H33FN2O3. The first-order valence-corrected chi connectivity index (χ1v) is 13.2. The molecule has 0 aliphatic heterocycles. The molecule has 1 N–H and O–H groups in total. The lowest BCUT2D eigenvalue weighted by molar-refractivity contribution is -0.113. The first-order chi connectivity index (χ1) is 18.2. The second-order valence-electron chi connectivity index (χ2n) is 10.4. The number of hydrogen-bond acceptors (Lipinski definition) is 3. The second kappa shape index (κ2) is 10.4. The number of carbonyl (C=O) groups excluding carboxylic acids is 2. The van der Waals surface area contributed by atoms with Crippen LogP contribution in [-0.2, 0) is 11.3 Å². The molecule has 1 fully saturated rings. The highest BCUT2D eigenvalue weighted by molar-refractivity contribution is 5.99. The Balaban J connectivity index is 1.37. The monoisotopic (exact) mass is 512 g/mol. The van der Waals surface area contributed by atoms with E-state index in [1.807, 2.05) is 39.0 Å². The Morgan fingerprint density at radius 3 is 2.63 bits per heavy atom. The SMILES string of the molecule is Cc1c(C)n(Cc2ccc(F)c(O[C@@H](C)C=O)c2)c2ccc(C(=O)N[C@@H](C)c3cccc(C4CC4)c3)cc12. The Morgan fingerprint density at radius 2 is 1.89 bits per heavy atom. The van der Waals surface area contributed by atoms with E-state index in [0.29, 0.717) is 24.3 Å². The van der Waals surface area contributed by atoms with E-state index in [1.165, 1.54) is 24.5 Å². The lowest BCUT2D eigenvalue weighted by Crippen LogP contribution is -2.26. The number of benzene rings is 3. The molecule has 4 aromatic rings. The van der Waals surface area contributed by atoms with Crippen LogP contribution >= 0.6 is 0 Å². The molecular weight excluding hydrogens is 479 g/mol. The highest BCUT2D eigenvalue weighted by Gasteiger charge is 2.24. The Hall–Kier alpha value is -3.93. The third-order valence-electron chi connectivity index (χ3n) is 7.55. The van der Waals surface area contributed by atoms with Crippen molar-refractivity contribution in [3.63, 3.8) is 0 Å². The number of carbonyl (C=O) groups is 2. The number of hydrogen-bond donors (Lipinski definition) is 1. The number of nitrogens with one attached hydrogen (secondary N) is 1. The normalized spacial score (nSPS) is 14.8. The third kappa shape index (κ3) is 5.21. The molecule has 1 amide bonds. The molecule has 0 radical (unpaired) electrons. The second-order valence-corrected chi connectivity index (χ2v) is 10.4. The van der Waals surface area contributed by atoms with E-state index in [0.717, 1.165) is 33.3 Å². The van der Waals surface area contributed by atoms with Crippen LogP contribution in [0.3, 0.4) is 0 Å². The number of fused-ring (bicyclic) bond motifs is 1. The molecule has 6 heteroatoms. The fraction of sp³-hybridized carbons (Fsp3) is 0.312.